The number of nitrogens with two attached hydrogens (primary N) is 1. The van der Waals surface area contributed by atoms with Gasteiger partial charge in [-0.1, -0.05) is 6.07 Å². The molecule has 6 nitrogen and oxygen atoms in total. The third-order valence-electron chi connectivity index (χ3n) is 2.45. The minimum atomic E-state index is -3.80. The normalized spacial score (nSPS) is 11.3. The lowest BCUT2D eigenvalue weighted by Crippen LogP contribution is -2.15. The highest BCUT2D eigenvalue weighted by atomic mass is 32.2. The van der Waals surface area contributed by atoms with Crippen molar-refractivity contribution in [1.82, 2.24) is 4.98 Å². The van der Waals surface area contributed by atoms with Gasteiger partial charge in [0.25, 0.3) is 5.91 Å². The van der Waals surface area contributed by atoms with E-state index in [0.29, 0.717) is 5.69 Å². The lowest BCUT2D eigenvalue weighted by Gasteiger charge is -2.08. The van der Waals surface area contributed by atoms with Gasteiger partial charge in [-0.2, -0.15) is 0 Å². The van der Waals surface area contributed by atoms with Crippen LogP contribution >= 0.6 is 11.3 Å². The van der Waals surface area contributed by atoms with Gasteiger partial charge in [0.05, 0.1) is 10.4 Å². The number of sulfonamides is 1. The van der Waals surface area contributed by atoms with Gasteiger partial charge in [-0.15, -0.1) is 11.3 Å². The number of rotatable bonds is 3. The van der Waals surface area contributed by atoms with Crippen LogP contribution in [0.1, 0.15) is 16.1 Å². The van der Waals surface area contributed by atoms with Gasteiger partial charge in [-0.25, -0.2) is 18.5 Å². The summed E-state index contributed by atoms with van der Waals surface area (Å²) in [6.07, 6.45) is 0. The Labute approximate surface area is 114 Å². The zero-order chi connectivity index (χ0) is 14.0. The molecule has 0 atom stereocenters. The number of primary sulfonamides is 1. The van der Waals surface area contributed by atoms with Crippen molar-refractivity contribution < 1.29 is 13.2 Å². The number of amides is 1. The van der Waals surface area contributed by atoms with Crippen LogP contribution in [0.2, 0.25) is 0 Å². The molecular formula is C11H11N3O3S2. The van der Waals surface area contributed by atoms with Crippen LogP contribution in [0.15, 0.2) is 34.0 Å². The summed E-state index contributed by atoms with van der Waals surface area (Å²) in [4.78, 5) is 15.7. The van der Waals surface area contributed by atoms with Crippen molar-refractivity contribution in [2.45, 2.75) is 11.8 Å². The molecule has 8 heteroatoms. The van der Waals surface area contributed by atoms with Crippen molar-refractivity contribution in [3.63, 3.8) is 0 Å². The monoisotopic (exact) mass is 297 g/mol. The molecule has 0 saturated heterocycles. The van der Waals surface area contributed by atoms with Crippen molar-refractivity contribution in [1.29, 1.82) is 0 Å². The summed E-state index contributed by atoms with van der Waals surface area (Å²) in [5.74, 6) is -0.393. The summed E-state index contributed by atoms with van der Waals surface area (Å²) in [6.45, 7) is 1.75. The molecule has 19 heavy (non-hydrogen) atoms. The van der Waals surface area contributed by atoms with Gasteiger partial charge in [0.1, 0.15) is 5.69 Å². The topological polar surface area (TPSA) is 102 Å². The van der Waals surface area contributed by atoms with E-state index < -0.39 is 15.9 Å². The Morgan fingerprint density at radius 3 is 2.74 bits per heavy atom. The first kappa shape index (κ1) is 13.7. The number of carbonyl (C=O) groups is 1. The zero-order valence-corrected chi connectivity index (χ0v) is 11.6. The molecule has 0 aliphatic heterocycles. The number of benzene rings is 1. The van der Waals surface area contributed by atoms with Gasteiger partial charge in [-0.3, -0.25) is 4.79 Å². The van der Waals surface area contributed by atoms with Crippen LogP contribution in [0, 0.1) is 6.92 Å². The first-order valence-electron chi connectivity index (χ1n) is 5.21. The van der Waals surface area contributed by atoms with Gasteiger partial charge in [0.2, 0.25) is 10.0 Å². The molecule has 1 aromatic carbocycles. The molecular weight excluding hydrogens is 286 g/mol. The van der Waals surface area contributed by atoms with E-state index in [0.717, 1.165) is 5.56 Å². The SMILES string of the molecule is Cc1ccc(S(N)(=O)=O)cc1NC(=O)c1cscn1. The van der Waals surface area contributed by atoms with Gasteiger partial charge >= 0.3 is 0 Å². The lowest BCUT2D eigenvalue weighted by atomic mass is 10.2. The highest BCUT2D eigenvalue weighted by molar-refractivity contribution is 7.89. The average molecular weight is 297 g/mol. The molecule has 0 spiro atoms. The van der Waals surface area contributed by atoms with E-state index >= 15 is 0 Å². The summed E-state index contributed by atoms with van der Waals surface area (Å²) in [7, 11) is -3.80. The molecule has 3 N–H and O–H groups in total. The molecule has 100 valence electrons. The lowest BCUT2D eigenvalue weighted by molar-refractivity contribution is 0.102. The summed E-state index contributed by atoms with van der Waals surface area (Å²) >= 11 is 1.30. The first-order valence-corrected chi connectivity index (χ1v) is 7.70. The van der Waals surface area contributed by atoms with Crippen molar-refractivity contribution in [2.75, 3.05) is 5.32 Å². The fourth-order valence-corrected chi connectivity index (χ4v) is 2.50. The minimum absolute atomic E-state index is 0.0494. The van der Waals surface area contributed by atoms with Crippen LogP contribution in [0.4, 0.5) is 5.69 Å². The van der Waals surface area contributed by atoms with Crippen LogP contribution in [0.5, 0.6) is 0 Å². The minimum Gasteiger partial charge on any atom is -0.320 e. The molecule has 1 aromatic heterocycles. The molecule has 0 bridgehead atoms. The highest BCUT2D eigenvalue weighted by Gasteiger charge is 2.13. The van der Waals surface area contributed by atoms with E-state index in [9.17, 15) is 13.2 Å². The van der Waals surface area contributed by atoms with Crippen LogP contribution in [0.25, 0.3) is 0 Å². The Morgan fingerprint density at radius 2 is 2.16 bits per heavy atom. The van der Waals surface area contributed by atoms with Crippen LogP contribution in [0.3, 0.4) is 0 Å². The number of nitrogens with zero attached hydrogens (tertiary/aromatic N) is 1. The molecule has 0 fully saturated rings. The quantitative estimate of drug-likeness (QED) is 0.892. The molecule has 0 saturated carbocycles. The van der Waals surface area contributed by atoms with E-state index in [4.69, 9.17) is 5.14 Å². The predicted octanol–water partition coefficient (Wildman–Crippen LogP) is 1.35. The summed E-state index contributed by atoms with van der Waals surface area (Å²) in [6, 6.07) is 4.30. The number of aryl methyl sites for hydroxylation is 1. The number of aromatic nitrogens is 1. The van der Waals surface area contributed by atoms with Gasteiger partial charge in [-0.05, 0) is 24.6 Å². The standard InChI is InChI=1S/C11H11N3O3S2/c1-7-2-3-8(19(12,16)17)4-9(7)14-11(15)10-5-18-6-13-10/h2-6H,1H3,(H,14,15)(H2,12,16,17). The van der Waals surface area contributed by atoms with E-state index in [2.05, 4.69) is 10.3 Å². The third-order valence-corrected chi connectivity index (χ3v) is 3.95. The third kappa shape index (κ3) is 3.16. The number of hydrogen-bond acceptors (Lipinski definition) is 5. The largest absolute Gasteiger partial charge is 0.320 e. The van der Waals surface area contributed by atoms with Crippen molar-refractivity contribution in [3.05, 3.63) is 40.3 Å². The second-order valence-corrected chi connectivity index (χ2v) is 6.13. The van der Waals surface area contributed by atoms with E-state index in [1.165, 1.54) is 23.5 Å². The Morgan fingerprint density at radius 1 is 1.42 bits per heavy atom. The Bertz CT molecular complexity index is 709. The average Bonchev–Trinajstić information content (AvgIpc) is 2.84. The van der Waals surface area contributed by atoms with E-state index in [-0.39, 0.29) is 10.6 Å². The van der Waals surface area contributed by atoms with E-state index in [1.807, 2.05) is 0 Å². The van der Waals surface area contributed by atoms with Crippen LogP contribution in [-0.2, 0) is 10.0 Å². The molecule has 0 unspecified atom stereocenters. The highest BCUT2D eigenvalue weighted by Crippen LogP contribution is 2.20. The van der Waals surface area contributed by atoms with Gasteiger partial charge in [0.15, 0.2) is 0 Å². The molecule has 2 aromatic rings. The maximum Gasteiger partial charge on any atom is 0.275 e. The number of nitrogens with one attached hydrogen (secondary N) is 1. The summed E-state index contributed by atoms with van der Waals surface area (Å²) in [5.41, 5.74) is 2.95. The van der Waals surface area contributed by atoms with Gasteiger partial charge < -0.3 is 5.32 Å². The fourth-order valence-electron chi connectivity index (χ4n) is 1.42. The number of anilines is 1. The zero-order valence-electron chi connectivity index (χ0n) is 9.95. The Hall–Kier alpha value is -1.77. The molecule has 0 aliphatic carbocycles. The Kier molecular flexibility index (Phi) is 3.65. The van der Waals surface area contributed by atoms with E-state index in [1.54, 1.807) is 23.9 Å². The van der Waals surface area contributed by atoms with Gasteiger partial charge in [0, 0.05) is 11.1 Å². The first-order chi connectivity index (χ1) is 8.88. The second kappa shape index (κ2) is 5.08. The number of hydrogen-bond donors (Lipinski definition) is 2. The molecule has 1 heterocycles. The number of thiazole rings is 1. The molecule has 0 aliphatic rings. The molecule has 1 amide bonds. The van der Waals surface area contributed by atoms with Crippen molar-refractivity contribution >= 4 is 33.0 Å². The maximum absolute atomic E-state index is 11.8. The molecule has 0 radical (unpaired) electrons. The summed E-state index contributed by atoms with van der Waals surface area (Å²) in [5, 5.41) is 9.27. The smallest absolute Gasteiger partial charge is 0.275 e. The summed E-state index contributed by atoms with van der Waals surface area (Å²) < 4.78 is 22.5. The Balaban J connectivity index is 2.32. The van der Waals surface area contributed by atoms with Crippen LogP contribution < -0.4 is 10.5 Å². The number of carbonyl (C=O) groups excluding carboxylic acids is 1. The van der Waals surface area contributed by atoms with Crippen molar-refractivity contribution in [3.8, 4) is 0 Å². The fraction of sp³-hybridized carbons (Fsp3) is 0.0909. The van der Waals surface area contributed by atoms with Crippen molar-refractivity contribution in [2.24, 2.45) is 5.14 Å². The predicted molar refractivity (Wildman–Crippen MR) is 72.6 cm³/mol. The van der Waals surface area contributed by atoms with Crippen LogP contribution in [-0.4, -0.2) is 19.3 Å². The maximum atomic E-state index is 11.8. The second-order valence-electron chi connectivity index (χ2n) is 3.85. The molecule has 2 rings (SSSR count).